The van der Waals surface area contributed by atoms with Gasteiger partial charge in [0.1, 0.15) is 5.75 Å². The molecule has 0 atom stereocenters. The lowest BCUT2D eigenvalue weighted by atomic mass is 10.1. The molecular formula is C11H15F2NO. The van der Waals surface area contributed by atoms with Gasteiger partial charge in [-0.2, -0.15) is 8.78 Å². The molecule has 0 spiro atoms. The van der Waals surface area contributed by atoms with Gasteiger partial charge in [0.15, 0.2) is 0 Å². The number of alkyl halides is 2. The number of benzene rings is 1. The standard InChI is InChI=1S/C11H15F2NO/c1-3-15-10-6-4-5-9(7-10)11(12,13)8-14-2/h4-7,14H,3,8H2,1-2H3. The first-order chi connectivity index (χ1) is 7.10. The largest absolute Gasteiger partial charge is 0.494 e. The van der Waals surface area contributed by atoms with Gasteiger partial charge in [0.05, 0.1) is 13.2 Å². The fourth-order valence-electron chi connectivity index (χ4n) is 1.30. The van der Waals surface area contributed by atoms with Gasteiger partial charge in [-0.05, 0) is 26.1 Å². The van der Waals surface area contributed by atoms with E-state index in [2.05, 4.69) is 5.32 Å². The van der Waals surface area contributed by atoms with E-state index in [1.807, 2.05) is 6.92 Å². The Morgan fingerprint density at radius 3 is 2.73 bits per heavy atom. The van der Waals surface area contributed by atoms with E-state index in [1.165, 1.54) is 19.2 Å². The molecule has 0 saturated carbocycles. The Hall–Kier alpha value is -1.16. The SMILES string of the molecule is CCOc1cccc(C(F)(F)CNC)c1. The lowest BCUT2D eigenvalue weighted by Gasteiger charge is -2.16. The highest BCUT2D eigenvalue weighted by Crippen LogP contribution is 2.29. The molecule has 0 aliphatic heterocycles. The maximum atomic E-state index is 13.5. The van der Waals surface area contributed by atoms with Gasteiger partial charge in [-0.15, -0.1) is 0 Å². The van der Waals surface area contributed by atoms with E-state index < -0.39 is 5.92 Å². The van der Waals surface area contributed by atoms with Gasteiger partial charge in [0.2, 0.25) is 0 Å². The van der Waals surface area contributed by atoms with Crippen LogP contribution in [0.1, 0.15) is 12.5 Å². The van der Waals surface area contributed by atoms with E-state index in [1.54, 1.807) is 12.1 Å². The van der Waals surface area contributed by atoms with E-state index in [-0.39, 0.29) is 12.1 Å². The molecule has 0 aromatic heterocycles. The summed E-state index contributed by atoms with van der Waals surface area (Å²) < 4.78 is 32.1. The van der Waals surface area contributed by atoms with Crippen LogP contribution < -0.4 is 10.1 Å². The zero-order valence-electron chi connectivity index (χ0n) is 8.89. The van der Waals surface area contributed by atoms with Crippen LogP contribution in [0.25, 0.3) is 0 Å². The third kappa shape index (κ3) is 3.16. The molecule has 1 rings (SSSR count). The minimum atomic E-state index is -2.86. The van der Waals surface area contributed by atoms with Crippen LogP contribution in [0.5, 0.6) is 5.75 Å². The van der Waals surface area contributed by atoms with Gasteiger partial charge in [-0.25, -0.2) is 0 Å². The number of ether oxygens (including phenoxy) is 1. The topological polar surface area (TPSA) is 21.3 Å². The molecule has 0 amide bonds. The van der Waals surface area contributed by atoms with Crippen molar-refractivity contribution in [1.29, 1.82) is 0 Å². The maximum Gasteiger partial charge on any atom is 0.285 e. The Bertz CT molecular complexity index is 315. The van der Waals surface area contributed by atoms with Crippen LogP contribution in [0.4, 0.5) is 8.78 Å². The molecule has 0 heterocycles. The van der Waals surface area contributed by atoms with Gasteiger partial charge in [0, 0.05) is 5.56 Å². The van der Waals surface area contributed by atoms with Crippen molar-refractivity contribution in [3.05, 3.63) is 29.8 Å². The van der Waals surface area contributed by atoms with Gasteiger partial charge in [-0.3, -0.25) is 0 Å². The Labute approximate surface area is 88.3 Å². The molecular weight excluding hydrogens is 200 g/mol. The van der Waals surface area contributed by atoms with E-state index in [4.69, 9.17) is 4.74 Å². The van der Waals surface area contributed by atoms with Gasteiger partial charge < -0.3 is 10.1 Å². The molecule has 15 heavy (non-hydrogen) atoms. The second kappa shape index (κ2) is 5.07. The third-order valence-corrected chi connectivity index (χ3v) is 1.97. The van der Waals surface area contributed by atoms with Crippen molar-refractivity contribution in [3.63, 3.8) is 0 Å². The summed E-state index contributed by atoms with van der Waals surface area (Å²) in [5.74, 6) is -2.38. The first-order valence-corrected chi connectivity index (χ1v) is 4.86. The number of likely N-dealkylation sites (N-methyl/N-ethyl adjacent to an activating group) is 1. The Kier molecular flexibility index (Phi) is 4.03. The zero-order valence-corrected chi connectivity index (χ0v) is 8.89. The normalized spacial score (nSPS) is 11.5. The van der Waals surface area contributed by atoms with Crippen LogP contribution in [0.3, 0.4) is 0 Å². The summed E-state index contributed by atoms with van der Waals surface area (Å²) in [6.07, 6.45) is 0. The lowest BCUT2D eigenvalue weighted by Crippen LogP contribution is -2.28. The fraction of sp³-hybridized carbons (Fsp3) is 0.455. The predicted octanol–water partition coefficient (Wildman–Crippen LogP) is 2.40. The van der Waals surface area contributed by atoms with Crippen molar-refractivity contribution in [3.8, 4) is 5.75 Å². The molecule has 0 saturated heterocycles. The highest BCUT2D eigenvalue weighted by molar-refractivity contribution is 5.31. The molecule has 1 aromatic rings. The molecule has 0 bridgehead atoms. The van der Waals surface area contributed by atoms with Gasteiger partial charge in [-0.1, -0.05) is 12.1 Å². The third-order valence-electron chi connectivity index (χ3n) is 1.97. The molecule has 0 radical (unpaired) electrons. The minimum absolute atomic E-state index is 0.0252. The second-order valence-electron chi connectivity index (χ2n) is 3.20. The minimum Gasteiger partial charge on any atom is -0.494 e. The molecule has 4 heteroatoms. The van der Waals surface area contributed by atoms with Crippen LogP contribution in [0.15, 0.2) is 24.3 Å². The summed E-state index contributed by atoms with van der Waals surface area (Å²) in [7, 11) is 1.50. The molecule has 0 aliphatic carbocycles. The van der Waals surface area contributed by atoms with E-state index in [9.17, 15) is 8.78 Å². The van der Waals surface area contributed by atoms with Crippen molar-refractivity contribution in [1.82, 2.24) is 5.32 Å². The van der Waals surface area contributed by atoms with Crippen molar-refractivity contribution in [2.75, 3.05) is 20.2 Å². The van der Waals surface area contributed by atoms with Crippen LogP contribution in [0, 0.1) is 0 Å². The smallest absolute Gasteiger partial charge is 0.285 e. The number of rotatable bonds is 5. The molecule has 0 fully saturated rings. The zero-order chi connectivity index (χ0) is 11.3. The molecule has 1 aromatic carbocycles. The summed E-state index contributed by atoms with van der Waals surface area (Å²) >= 11 is 0. The van der Waals surface area contributed by atoms with Gasteiger partial charge >= 0.3 is 0 Å². The maximum absolute atomic E-state index is 13.5. The first-order valence-electron chi connectivity index (χ1n) is 4.86. The summed E-state index contributed by atoms with van der Waals surface area (Å²) in [4.78, 5) is 0. The van der Waals surface area contributed by atoms with Crippen molar-refractivity contribution >= 4 is 0 Å². The Balaban J connectivity index is 2.88. The molecule has 2 nitrogen and oxygen atoms in total. The van der Waals surface area contributed by atoms with E-state index in [0.29, 0.717) is 12.4 Å². The monoisotopic (exact) mass is 215 g/mol. The molecule has 0 unspecified atom stereocenters. The predicted molar refractivity (Wildman–Crippen MR) is 55.4 cm³/mol. The number of halogens is 2. The van der Waals surface area contributed by atoms with Crippen LogP contribution in [-0.4, -0.2) is 20.2 Å². The highest BCUT2D eigenvalue weighted by Gasteiger charge is 2.30. The van der Waals surface area contributed by atoms with Crippen LogP contribution in [-0.2, 0) is 5.92 Å². The molecule has 1 N–H and O–H groups in total. The average molecular weight is 215 g/mol. The fourth-order valence-corrected chi connectivity index (χ4v) is 1.30. The summed E-state index contributed by atoms with van der Waals surface area (Å²) in [5, 5.41) is 2.47. The van der Waals surface area contributed by atoms with Crippen LogP contribution in [0.2, 0.25) is 0 Å². The Morgan fingerprint density at radius 1 is 1.40 bits per heavy atom. The number of hydrogen-bond donors (Lipinski definition) is 1. The summed E-state index contributed by atoms with van der Waals surface area (Å²) in [5.41, 5.74) is -0.0252. The van der Waals surface area contributed by atoms with Gasteiger partial charge in [0.25, 0.3) is 5.92 Å². The van der Waals surface area contributed by atoms with Crippen molar-refractivity contribution < 1.29 is 13.5 Å². The molecule has 0 aliphatic rings. The summed E-state index contributed by atoms with van der Waals surface area (Å²) in [6, 6.07) is 6.02. The molecule has 84 valence electrons. The first kappa shape index (κ1) is 11.9. The average Bonchev–Trinajstić information content (AvgIpc) is 2.19. The Morgan fingerprint density at radius 2 is 2.13 bits per heavy atom. The lowest BCUT2D eigenvalue weighted by molar-refractivity contribution is -0.00147. The number of hydrogen-bond acceptors (Lipinski definition) is 2. The number of nitrogens with one attached hydrogen (secondary N) is 1. The quantitative estimate of drug-likeness (QED) is 0.814. The summed E-state index contributed by atoms with van der Waals surface area (Å²) in [6.45, 7) is 1.92. The highest BCUT2D eigenvalue weighted by atomic mass is 19.3. The van der Waals surface area contributed by atoms with Crippen LogP contribution >= 0.6 is 0 Å². The van der Waals surface area contributed by atoms with Crippen molar-refractivity contribution in [2.45, 2.75) is 12.8 Å². The van der Waals surface area contributed by atoms with Crippen molar-refractivity contribution in [2.24, 2.45) is 0 Å². The van der Waals surface area contributed by atoms with E-state index >= 15 is 0 Å². The van der Waals surface area contributed by atoms with E-state index in [0.717, 1.165) is 0 Å². The second-order valence-corrected chi connectivity index (χ2v) is 3.20.